The Hall–Kier alpha value is -2.67. The van der Waals surface area contributed by atoms with Gasteiger partial charge in [-0.05, 0) is 50.1 Å². The molecular formula is C22H30ClN5O2. The van der Waals surface area contributed by atoms with Crippen LogP contribution in [0.4, 0.5) is 5.82 Å². The minimum Gasteiger partial charge on any atom is -0.493 e. The molecule has 1 saturated heterocycles. The van der Waals surface area contributed by atoms with E-state index in [1.165, 1.54) is 0 Å². The smallest absolute Gasteiger partial charge is 0.191 e. The molecule has 30 heavy (non-hydrogen) atoms. The Bertz CT molecular complexity index is 861. The Morgan fingerprint density at radius 1 is 1.30 bits per heavy atom. The van der Waals surface area contributed by atoms with Crippen molar-refractivity contribution in [3.8, 4) is 11.5 Å². The number of aromatic nitrogens is 1. The maximum atomic E-state index is 6.30. The van der Waals surface area contributed by atoms with Crippen LogP contribution in [0.5, 0.6) is 11.5 Å². The van der Waals surface area contributed by atoms with E-state index in [0.29, 0.717) is 18.2 Å². The van der Waals surface area contributed by atoms with Gasteiger partial charge in [0.25, 0.3) is 0 Å². The van der Waals surface area contributed by atoms with Crippen LogP contribution in [0.3, 0.4) is 0 Å². The number of ether oxygens (including phenoxy) is 2. The SMILES string of the molecule is CCNC(=NCc1ccc(OC)c(OCC)c1)NC1CCN(c2ncccc2Cl)C1. The molecule has 7 nitrogen and oxygen atoms in total. The van der Waals surface area contributed by atoms with E-state index in [-0.39, 0.29) is 6.04 Å². The molecule has 2 N–H and O–H groups in total. The van der Waals surface area contributed by atoms with Gasteiger partial charge in [0.2, 0.25) is 0 Å². The zero-order valence-corrected chi connectivity index (χ0v) is 18.6. The lowest BCUT2D eigenvalue weighted by molar-refractivity contribution is 0.310. The summed E-state index contributed by atoms with van der Waals surface area (Å²) in [6, 6.07) is 9.91. The number of anilines is 1. The molecule has 1 fully saturated rings. The van der Waals surface area contributed by atoms with E-state index in [0.717, 1.165) is 54.9 Å². The first-order valence-corrected chi connectivity index (χ1v) is 10.7. The molecule has 3 rings (SSSR count). The number of hydrogen-bond acceptors (Lipinski definition) is 5. The number of nitrogens with zero attached hydrogens (tertiary/aromatic N) is 3. The van der Waals surface area contributed by atoms with E-state index in [2.05, 4.69) is 27.4 Å². The summed E-state index contributed by atoms with van der Waals surface area (Å²) in [5.41, 5.74) is 1.06. The second kappa shape index (κ2) is 10.9. The standard InChI is InChI=1S/C22H30ClN5O2/c1-4-24-22(26-14-16-8-9-19(29-3)20(13-16)30-5-2)27-17-10-12-28(15-17)21-18(23)7-6-11-25-21/h6-9,11,13,17H,4-5,10,12,14-15H2,1-3H3,(H2,24,26,27). The van der Waals surface area contributed by atoms with Crippen molar-refractivity contribution < 1.29 is 9.47 Å². The summed E-state index contributed by atoms with van der Waals surface area (Å²) in [5, 5.41) is 7.55. The summed E-state index contributed by atoms with van der Waals surface area (Å²) >= 11 is 6.30. The van der Waals surface area contributed by atoms with Crippen LogP contribution >= 0.6 is 11.6 Å². The van der Waals surface area contributed by atoms with Crippen molar-refractivity contribution >= 4 is 23.4 Å². The molecule has 0 bridgehead atoms. The monoisotopic (exact) mass is 431 g/mol. The molecule has 1 aromatic heterocycles. The molecule has 0 radical (unpaired) electrons. The molecule has 1 aromatic carbocycles. The highest BCUT2D eigenvalue weighted by Crippen LogP contribution is 2.28. The third-order valence-corrected chi connectivity index (χ3v) is 5.15. The highest BCUT2D eigenvalue weighted by Gasteiger charge is 2.25. The number of pyridine rings is 1. The van der Waals surface area contributed by atoms with Crippen LogP contribution in [-0.2, 0) is 6.54 Å². The topological polar surface area (TPSA) is 71.0 Å². The lowest BCUT2D eigenvalue weighted by atomic mass is 10.2. The molecule has 162 valence electrons. The minimum atomic E-state index is 0.274. The Morgan fingerprint density at radius 2 is 2.17 bits per heavy atom. The predicted octanol–water partition coefficient (Wildman–Crippen LogP) is 3.48. The molecule has 1 unspecified atom stereocenters. The van der Waals surface area contributed by atoms with Crippen LogP contribution in [-0.4, -0.2) is 50.3 Å². The van der Waals surface area contributed by atoms with E-state index in [9.17, 15) is 0 Å². The zero-order chi connectivity index (χ0) is 21.3. The molecule has 1 aliphatic heterocycles. The number of rotatable bonds is 8. The molecule has 8 heteroatoms. The van der Waals surface area contributed by atoms with Crippen LogP contribution < -0.4 is 25.0 Å². The molecular weight excluding hydrogens is 402 g/mol. The maximum absolute atomic E-state index is 6.30. The Kier molecular flexibility index (Phi) is 8.02. The van der Waals surface area contributed by atoms with Crippen molar-refractivity contribution in [3.63, 3.8) is 0 Å². The van der Waals surface area contributed by atoms with Crippen molar-refractivity contribution in [2.45, 2.75) is 32.9 Å². The quantitative estimate of drug-likeness (QED) is 0.492. The van der Waals surface area contributed by atoms with Crippen LogP contribution in [0.15, 0.2) is 41.5 Å². The first kappa shape index (κ1) is 22.0. The third-order valence-electron chi connectivity index (χ3n) is 4.86. The van der Waals surface area contributed by atoms with Crippen molar-refractivity contribution in [2.75, 3.05) is 38.3 Å². The van der Waals surface area contributed by atoms with Crippen molar-refractivity contribution in [2.24, 2.45) is 4.99 Å². The van der Waals surface area contributed by atoms with Crippen molar-refractivity contribution in [1.82, 2.24) is 15.6 Å². The fourth-order valence-electron chi connectivity index (χ4n) is 3.45. The van der Waals surface area contributed by atoms with Gasteiger partial charge in [0.15, 0.2) is 17.5 Å². The van der Waals surface area contributed by atoms with Gasteiger partial charge in [-0.3, -0.25) is 0 Å². The van der Waals surface area contributed by atoms with Crippen molar-refractivity contribution in [3.05, 3.63) is 47.1 Å². The fraction of sp³-hybridized carbons (Fsp3) is 0.455. The number of guanidine groups is 1. The van der Waals surface area contributed by atoms with E-state index < -0.39 is 0 Å². The van der Waals surface area contributed by atoms with Crippen LogP contribution in [0.25, 0.3) is 0 Å². The first-order valence-electron chi connectivity index (χ1n) is 10.3. The largest absolute Gasteiger partial charge is 0.493 e. The minimum absolute atomic E-state index is 0.274. The number of halogens is 1. The lowest BCUT2D eigenvalue weighted by Gasteiger charge is -2.20. The Labute approximate surface area is 183 Å². The second-order valence-electron chi connectivity index (χ2n) is 7.00. The van der Waals surface area contributed by atoms with Gasteiger partial charge >= 0.3 is 0 Å². The summed E-state index contributed by atoms with van der Waals surface area (Å²) in [4.78, 5) is 11.4. The summed E-state index contributed by atoms with van der Waals surface area (Å²) in [6.07, 6.45) is 2.77. The highest BCUT2D eigenvalue weighted by atomic mass is 35.5. The van der Waals surface area contributed by atoms with E-state index in [1.54, 1.807) is 13.3 Å². The molecule has 1 aliphatic rings. The average molecular weight is 432 g/mol. The third kappa shape index (κ3) is 5.69. The lowest BCUT2D eigenvalue weighted by Crippen LogP contribution is -2.44. The van der Waals surface area contributed by atoms with Gasteiger partial charge in [-0.15, -0.1) is 0 Å². The average Bonchev–Trinajstić information content (AvgIpc) is 3.21. The maximum Gasteiger partial charge on any atom is 0.191 e. The molecule has 0 aliphatic carbocycles. The number of benzene rings is 1. The number of hydrogen-bond donors (Lipinski definition) is 2. The molecule has 2 aromatic rings. The molecule has 1 atom stereocenters. The predicted molar refractivity (Wildman–Crippen MR) is 122 cm³/mol. The molecule has 0 spiro atoms. The van der Waals surface area contributed by atoms with Gasteiger partial charge in [0.1, 0.15) is 5.82 Å². The first-order chi connectivity index (χ1) is 14.6. The number of methoxy groups -OCH3 is 1. The van der Waals surface area contributed by atoms with Gasteiger partial charge in [-0.1, -0.05) is 17.7 Å². The van der Waals surface area contributed by atoms with Gasteiger partial charge < -0.3 is 25.0 Å². The second-order valence-corrected chi connectivity index (χ2v) is 7.41. The van der Waals surface area contributed by atoms with Crippen molar-refractivity contribution in [1.29, 1.82) is 0 Å². The van der Waals surface area contributed by atoms with E-state index >= 15 is 0 Å². The Balaban J connectivity index is 1.64. The fourth-order valence-corrected chi connectivity index (χ4v) is 3.69. The number of nitrogens with one attached hydrogen (secondary N) is 2. The zero-order valence-electron chi connectivity index (χ0n) is 17.8. The summed E-state index contributed by atoms with van der Waals surface area (Å²) < 4.78 is 11.0. The van der Waals surface area contributed by atoms with Gasteiger partial charge in [0, 0.05) is 31.9 Å². The highest BCUT2D eigenvalue weighted by molar-refractivity contribution is 6.32. The summed E-state index contributed by atoms with van der Waals surface area (Å²) in [7, 11) is 1.64. The van der Waals surface area contributed by atoms with Crippen LogP contribution in [0, 0.1) is 0 Å². The van der Waals surface area contributed by atoms with Gasteiger partial charge in [0.05, 0.1) is 25.3 Å². The summed E-state index contributed by atoms with van der Waals surface area (Å²) in [6.45, 7) is 7.68. The van der Waals surface area contributed by atoms with Crippen LogP contribution in [0.1, 0.15) is 25.8 Å². The van der Waals surface area contributed by atoms with E-state index in [1.807, 2.05) is 37.3 Å². The normalized spacial score (nSPS) is 16.5. The molecule has 0 amide bonds. The van der Waals surface area contributed by atoms with Crippen LogP contribution in [0.2, 0.25) is 5.02 Å². The van der Waals surface area contributed by atoms with E-state index in [4.69, 9.17) is 26.1 Å². The Morgan fingerprint density at radius 3 is 2.90 bits per heavy atom. The number of aliphatic imine (C=N–C) groups is 1. The van der Waals surface area contributed by atoms with Gasteiger partial charge in [-0.2, -0.15) is 0 Å². The molecule has 0 saturated carbocycles. The molecule has 2 heterocycles. The summed E-state index contributed by atoms with van der Waals surface area (Å²) in [5.74, 6) is 3.11. The van der Waals surface area contributed by atoms with Gasteiger partial charge in [-0.25, -0.2) is 9.98 Å².